The Balaban J connectivity index is 0.000000145. The quantitative estimate of drug-likeness (QED) is 0.103. The Morgan fingerprint density at radius 1 is 0.461 bits per heavy atom. The smallest absolute Gasteiger partial charge is 0.163 e. The van der Waals surface area contributed by atoms with Gasteiger partial charge in [0.15, 0.2) is 17.3 Å². The van der Waals surface area contributed by atoms with E-state index in [2.05, 4.69) is 88.4 Å². The van der Waals surface area contributed by atoms with E-state index in [1.54, 1.807) is 34.5 Å². The van der Waals surface area contributed by atoms with Gasteiger partial charge in [-0.05, 0) is 250 Å². The third kappa shape index (κ3) is 15.8. The Morgan fingerprint density at radius 3 is 1.51 bits per heavy atom. The second-order valence-corrected chi connectivity index (χ2v) is 25.7. The lowest BCUT2D eigenvalue weighted by molar-refractivity contribution is -0.121. The van der Waals surface area contributed by atoms with E-state index in [9.17, 15) is 24.3 Å². The molecule has 5 aromatic rings. The molecule has 3 atom stereocenters. The molecule has 89 heavy (non-hydrogen) atoms. The number of fused-ring (bicyclic) bond motifs is 9. The number of benzene rings is 5. The summed E-state index contributed by atoms with van der Waals surface area (Å²) >= 11 is 0. The van der Waals surface area contributed by atoms with Gasteiger partial charge in [0.05, 0.1) is 28.4 Å². The first-order valence-corrected chi connectivity index (χ1v) is 33.8. The first kappa shape index (κ1) is 67.9. The third-order valence-electron chi connectivity index (χ3n) is 20.4. The first-order chi connectivity index (χ1) is 43.1. The summed E-state index contributed by atoms with van der Waals surface area (Å²) in [5, 5.41) is 9.77. The molecule has 1 N–H and O–H groups in total. The Labute approximate surface area is 533 Å². The molecule has 0 saturated heterocycles. The zero-order valence-electron chi connectivity index (χ0n) is 55.6. The van der Waals surface area contributed by atoms with Crippen LogP contribution in [0.15, 0.2) is 119 Å². The molecule has 9 heteroatoms. The second-order valence-electron chi connectivity index (χ2n) is 25.7. The number of ketones is 4. The van der Waals surface area contributed by atoms with E-state index in [0.717, 1.165) is 135 Å². The number of aromatic hydroxyl groups is 1. The second kappa shape index (κ2) is 32.1. The Hall–Kier alpha value is -7.00. The molecule has 0 amide bonds. The SMILES string of the molecule is CCCCC12CCC(=O)C(C)=C1CCc1cc(O)ccc12.CCCCC12CCC(=O)C(C)=C1CCc1cc(OC)ccc12.CCCCC1=CCCc2cc(OC)ccc21.CCCCC1C(=O)CCc2cc(OC)ccc21.COc1ccc2c(c1)CCCC2=O. The van der Waals surface area contributed by atoms with E-state index in [1.807, 2.05) is 44.2 Å². The molecule has 5 aromatic carbocycles. The molecule has 3 unspecified atom stereocenters. The number of ether oxygens (including phenoxy) is 4. The van der Waals surface area contributed by atoms with Gasteiger partial charge in [-0.3, -0.25) is 19.2 Å². The first-order valence-electron chi connectivity index (χ1n) is 33.8. The lowest BCUT2D eigenvalue weighted by Crippen LogP contribution is -2.38. The number of carbonyl (C=O) groups excluding carboxylic acids is 4. The average Bonchev–Trinajstić information content (AvgIpc) is 0.838. The van der Waals surface area contributed by atoms with E-state index >= 15 is 0 Å². The molecule has 9 nitrogen and oxygen atoms in total. The fraction of sp³-hybridized carbons (Fsp3) is 0.500. The third-order valence-corrected chi connectivity index (χ3v) is 20.4. The standard InChI is InChI=1S/C20H26O2.C19H24O2.C15H20O2.C15H20O.C11H12O2/c1-4-5-11-20-12-10-19(21)14(2)17(20)8-6-15-13-16(22-3)7-9-18(15)20;1-3-4-10-19-11-9-18(21)13(2)16(19)7-5-14-12-15(20)6-8-17(14)19;1-3-4-5-14-13-8-7-12(17-2)10-11(13)6-9-15(14)16;1-3-4-6-12-7-5-8-13-11-14(16-2)9-10-15(12)13;1-13-9-5-6-10-8(7-9)3-2-4-11(10)12/h7,9,13H,4-6,8,10-12H2,1-3H3;6,8,12,20H,3-5,7,9-11H2,1-2H3;7-8,10,14H,3-6,9H2,1-2H3;7,9-11H,3-6,8H2,1-2H3;5-7H,2-4H2,1H3. The number of phenols is 1. The molecule has 7 aliphatic carbocycles. The summed E-state index contributed by atoms with van der Waals surface area (Å²) in [6, 6.07) is 30.7. The number of carbonyl (C=O) groups is 4. The van der Waals surface area contributed by atoms with Crippen molar-refractivity contribution in [2.45, 2.75) is 232 Å². The number of aryl methyl sites for hydroxylation is 5. The summed E-state index contributed by atoms with van der Waals surface area (Å²) < 4.78 is 21.0. The molecule has 0 radical (unpaired) electrons. The molecule has 0 saturated carbocycles. The van der Waals surface area contributed by atoms with Crippen molar-refractivity contribution in [2.24, 2.45) is 0 Å². The van der Waals surface area contributed by atoms with Crippen molar-refractivity contribution in [2.75, 3.05) is 28.4 Å². The van der Waals surface area contributed by atoms with Gasteiger partial charge >= 0.3 is 0 Å². The maximum Gasteiger partial charge on any atom is 0.163 e. The number of allylic oxidation sites excluding steroid dienone is 6. The van der Waals surface area contributed by atoms with E-state index < -0.39 is 0 Å². The average molecular weight is 1210 g/mol. The van der Waals surface area contributed by atoms with Gasteiger partial charge in [-0.25, -0.2) is 0 Å². The van der Waals surface area contributed by atoms with Gasteiger partial charge in [-0.2, -0.15) is 0 Å². The van der Waals surface area contributed by atoms with Gasteiger partial charge in [0, 0.05) is 48.0 Å². The Morgan fingerprint density at radius 2 is 0.944 bits per heavy atom. The lowest BCUT2D eigenvalue weighted by atomic mass is 9.58. The zero-order valence-corrected chi connectivity index (χ0v) is 55.6. The predicted molar refractivity (Wildman–Crippen MR) is 362 cm³/mol. The maximum absolute atomic E-state index is 12.2. The van der Waals surface area contributed by atoms with E-state index in [4.69, 9.17) is 18.9 Å². The number of Topliss-reactive ketones (excluding diaryl/α,β-unsaturated/α-hetero) is 4. The lowest BCUT2D eigenvalue weighted by Gasteiger charge is -2.45. The Kier molecular flexibility index (Phi) is 24.5. The number of hydrogen-bond acceptors (Lipinski definition) is 9. The highest BCUT2D eigenvalue weighted by Crippen LogP contribution is 2.54. The van der Waals surface area contributed by atoms with Crippen LogP contribution in [-0.2, 0) is 57.3 Å². The number of phenolic OH excluding ortho intramolecular Hbond substituents is 1. The number of unbranched alkanes of at least 4 members (excludes halogenated alkanes) is 4. The summed E-state index contributed by atoms with van der Waals surface area (Å²) in [6.45, 7) is 13.0. The summed E-state index contributed by atoms with van der Waals surface area (Å²) in [5.41, 5.74) is 19.5. The Bertz CT molecular complexity index is 3410. The molecule has 0 aliphatic heterocycles. The normalized spacial score (nSPS) is 20.2. The minimum Gasteiger partial charge on any atom is -0.508 e. The van der Waals surface area contributed by atoms with Crippen LogP contribution in [0.2, 0.25) is 0 Å². The monoisotopic (exact) mass is 1210 g/mol. The van der Waals surface area contributed by atoms with Crippen molar-refractivity contribution >= 4 is 28.7 Å². The van der Waals surface area contributed by atoms with Crippen molar-refractivity contribution in [3.63, 3.8) is 0 Å². The van der Waals surface area contributed by atoms with Crippen LogP contribution in [-0.4, -0.2) is 56.7 Å². The van der Waals surface area contributed by atoms with Crippen molar-refractivity contribution < 1.29 is 43.2 Å². The molecular formula is C80H102O9. The fourth-order valence-electron chi connectivity index (χ4n) is 15.4. The molecule has 0 fully saturated rings. The van der Waals surface area contributed by atoms with Crippen LogP contribution in [0.4, 0.5) is 0 Å². The summed E-state index contributed by atoms with van der Waals surface area (Å²) in [7, 11) is 6.79. The highest BCUT2D eigenvalue weighted by Gasteiger charge is 2.45. The van der Waals surface area contributed by atoms with Crippen molar-refractivity contribution in [3.8, 4) is 28.7 Å². The zero-order chi connectivity index (χ0) is 63.7. The summed E-state index contributed by atoms with van der Waals surface area (Å²) in [6.07, 6.45) is 30.3. The van der Waals surface area contributed by atoms with Crippen LogP contribution in [0.1, 0.15) is 249 Å². The van der Waals surface area contributed by atoms with Gasteiger partial charge in [-0.1, -0.05) is 114 Å². The number of methoxy groups -OCH3 is 4. The van der Waals surface area contributed by atoms with Crippen molar-refractivity contribution in [1.29, 1.82) is 0 Å². The van der Waals surface area contributed by atoms with Gasteiger partial charge in [0.1, 0.15) is 34.5 Å². The van der Waals surface area contributed by atoms with Gasteiger partial charge in [0.25, 0.3) is 0 Å². The van der Waals surface area contributed by atoms with Crippen LogP contribution in [0.25, 0.3) is 5.57 Å². The predicted octanol–water partition coefficient (Wildman–Crippen LogP) is 19.1. The highest BCUT2D eigenvalue weighted by molar-refractivity contribution is 5.99. The minimum absolute atomic E-state index is 0.0509. The molecule has 7 aliphatic rings. The summed E-state index contributed by atoms with van der Waals surface area (Å²) in [5.74, 6) is 5.52. The van der Waals surface area contributed by atoms with E-state index in [0.29, 0.717) is 48.8 Å². The molecule has 12 rings (SSSR count). The van der Waals surface area contributed by atoms with Crippen LogP contribution < -0.4 is 18.9 Å². The van der Waals surface area contributed by atoms with Gasteiger partial charge in [-0.15, -0.1) is 0 Å². The maximum atomic E-state index is 12.2. The number of hydrogen-bond donors (Lipinski definition) is 1. The number of rotatable bonds is 16. The molecule has 0 bridgehead atoms. The molecular weight excluding hydrogens is 1100 g/mol. The fourth-order valence-corrected chi connectivity index (χ4v) is 15.4. The van der Waals surface area contributed by atoms with Gasteiger partial charge in [0.2, 0.25) is 0 Å². The van der Waals surface area contributed by atoms with Crippen LogP contribution >= 0.6 is 0 Å². The topological polar surface area (TPSA) is 125 Å². The van der Waals surface area contributed by atoms with Crippen molar-refractivity contribution in [1.82, 2.24) is 0 Å². The minimum atomic E-state index is 0.0509. The highest BCUT2D eigenvalue weighted by atomic mass is 16.5. The largest absolute Gasteiger partial charge is 0.508 e. The molecule has 476 valence electrons. The molecule has 0 heterocycles. The van der Waals surface area contributed by atoms with E-state index in [1.165, 1.54) is 119 Å². The van der Waals surface area contributed by atoms with Crippen LogP contribution in [0.3, 0.4) is 0 Å². The van der Waals surface area contributed by atoms with E-state index in [-0.39, 0.29) is 22.5 Å². The van der Waals surface area contributed by atoms with Crippen LogP contribution in [0.5, 0.6) is 28.7 Å². The van der Waals surface area contributed by atoms with Crippen molar-refractivity contribution in [3.05, 3.63) is 175 Å². The summed E-state index contributed by atoms with van der Waals surface area (Å²) in [4.78, 5) is 47.8. The molecule has 0 aromatic heterocycles. The van der Waals surface area contributed by atoms with Gasteiger partial charge < -0.3 is 24.1 Å². The van der Waals surface area contributed by atoms with Crippen LogP contribution in [0, 0.1) is 0 Å². The molecule has 0 spiro atoms.